The van der Waals surface area contributed by atoms with Crippen LogP contribution in [0.5, 0.6) is 0 Å². The lowest BCUT2D eigenvalue weighted by Crippen LogP contribution is -2.21. The average Bonchev–Trinajstić information content (AvgIpc) is 2.14. The summed E-state index contributed by atoms with van der Waals surface area (Å²) in [5, 5.41) is 19.4. The van der Waals surface area contributed by atoms with E-state index >= 15 is 0 Å². The molecule has 0 saturated heterocycles. The van der Waals surface area contributed by atoms with E-state index in [1.54, 1.807) is 0 Å². The van der Waals surface area contributed by atoms with Crippen LogP contribution in [0.1, 0.15) is 28.4 Å². The SMILES string of the molecule is Cc1cc(C)c(C(O)C(O)CCl)c(C)c1. The van der Waals surface area contributed by atoms with Gasteiger partial charge < -0.3 is 10.2 Å². The summed E-state index contributed by atoms with van der Waals surface area (Å²) in [7, 11) is 0. The van der Waals surface area contributed by atoms with Gasteiger partial charge in [-0.25, -0.2) is 0 Å². The van der Waals surface area contributed by atoms with Crippen molar-refractivity contribution in [3.63, 3.8) is 0 Å². The van der Waals surface area contributed by atoms with Crippen LogP contribution in [0, 0.1) is 20.8 Å². The molecular formula is C12H17ClO2. The topological polar surface area (TPSA) is 40.5 Å². The second-order valence-electron chi connectivity index (χ2n) is 3.98. The van der Waals surface area contributed by atoms with Crippen LogP contribution in [0.15, 0.2) is 12.1 Å². The minimum absolute atomic E-state index is 0.0356. The van der Waals surface area contributed by atoms with Crippen LogP contribution in [0.4, 0.5) is 0 Å². The van der Waals surface area contributed by atoms with Gasteiger partial charge in [-0.2, -0.15) is 0 Å². The highest BCUT2D eigenvalue weighted by atomic mass is 35.5. The first-order chi connectivity index (χ1) is 6.97. The number of halogens is 1. The fourth-order valence-corrected chi connectivity index (χ4v) is 2.10. The zero-order valence-corrected chi connectivity index (χ0v) is 10.0. The van der Waals surface area contributed by atoms with E-state index in [1.807, 2.05) is 32.9 Å². The molecule has 0 aromatic heterocycles. The number of hydrogen-bond acceptors (Lipinski definition) is 2. The summed E-state index contributed by atoms with van der Waals surface area (Å²) in [6, 6.07) is 3.99. The van der Waals surface area contributed by atoms with Crippen LogP contribution in [-0.4, -0.2) is 22.2 Å². The van der Waals surface area contributed by atoms with Crippen LogP contribution >= 0.6 is 11.6 Å². The number of alkyl halides is 1. The number of aryl methyl sites for hydroxylation is 3. The molecule has 3 heteroatoms. The second-order valence-corrected chi connectivity index (χ2v) is 4.29. The molecule has 0 bridgehead atoms. The highest BCUT2D eigenvalue weighted by Gasteiger charge is 2.20. The molecule has 0 spiro atoms. The number of benzene rings is 1. The van der Waals surface area contributed by atoms with Crippen LogP contribution in [-0.2, 0) is 0 Å². The first kappa shape index (κ1) is 12.5. The minimum atomic E-state index is -0.910. The molecule has 2 nitrogen and oxygen atoms in total. The quantitative estimate of drug-likeness (QED) is 0.780. The smallest absolute Gasteiger partial charge is 0.107 e. The molecule has 0 saturated carbocycles. The molecule has 1 aromatic carbocycles. The zero-order chi connectivity index (χ0) is 11.6. The van der Waals surface area contributed by atoms with Gasteiger partial charge in [-0.05, 0) is 37.5 Å². The largest absolute Gasteiger partial charge is 0.389 e. The monoisotopic (exact) mass is 228 g/mol. The Morgan fingerprint density at radius 1 is 1.13 bits per heavy atom. The fraction of sp³-hybridized carbons (Fsp3) is 0.500. The summed E-state index contributed by atoms with van der Waals surface area (Å²) in [4.78, 5) is 0. The molecule has 0 radical (unpaired) electrons. The van der Waals surface area contributed by atoms with Crippen molar-refractivity contribution in [3.8, 4) is 0 Å². The molecule has 0 fully saturated rings. The lowest BCUT2D eigenvalue weighted by atomic mass is 9.93. The number of hydrogen-bond donors (Lipinski definition) is 2. The summed E-state index contributed by atoms with van der Waals surface area (Å²) >= 11 is 5.52. The van der Waals surface area contributed by atoms with Crippen molar-refractivity contribution in [2.24, 2.45) is 0 Å². The second kappa shape index (κ2) is 4.97. The predicted molar refractivity (Wildman–Crippen MR) is 62.3 cm³/mol. The van der Waals surface area contributed by atoms with Gasteiger partial charge in [0.15, 0.2) is 0 Å². The Bertz CT molecular complexity index is 326. The fourth-order valence-electron chi connectivity index (χ4n) is 1.93. The van der Waals surface area contributed by atoms with Crippen molar-refractivity contribution < 1.29 is 10.2 Å². The van der Waals surface area contributed by atoms with E-state index in [-0.39, 0.29) is 5.88 Å². The van der Waals surface area contributed by atoms with Gasteiger partial charge >= 0.3 is 0 Å². The Kier molecular flexibility index (Phi) is 4.14. The van der Waals surface area contributed by atoms with Crippen LogP contribution in [0.2, 0.25) is 0 Å². The predicted octanol–water partition coefficient (Wildman–Crippen LogP) is 2.24. The summed E-state index contributed by atoms with van der Waals surface area (Å²) in [6.45, 7) is 5.87. The van der Waals surface area contributed by atoms with E-state index < -0.39 is 12.2 Å². The summed E-state index contributed by atoms with van der Waals surface area (Å²) in [5.41, 5.74) is 3.92. The zero-order valence-electron chi connectivity index (χ0n) is 9.29. The highest BCUT2D eigenvalue weighted by molar-refractivity contribution is 6.18. The van der Waals surface area contributed by atoms with Crippen LogP contribution < -0.4 is 0 Å². The summed E-state index contributed by atoms with van der Waals surface area (Å²) in [5.74, 6) is 0.0356. The Balaban J connectivity index is 3.13. The van der Waals surface area contributed by atoms with Crippen molar-refractivity contribution in [2.45, 2.75) is 33.0 Å². The molecule has 0 amide bonds. The molecule has 84 valence electrons. The standard InChI is InChI=1S/C12H17ClO2/c1-7-4-8(2)11(9(3)5-7)12(15)10(14)6-13/h4-5,10,12,14-15H,6H2,1-3H3. The maximum absolute atomic E-state index is 9.91. The molecule has 1 rings (SSSR count). The van der Waals surface area contributed by atoms with Crippen molar-refractivity contribution in [1.82, 2.24) is 0 Å². The Morgan fingerprint density at radius 2 is 1.60 bits per heavy atom. The maximum atomic E-state index is 9.91. The molecule has 2 N–H and O–H groups in total. The van der Waals surface area contributed by atoms with E-state index in [9.17, 15) is 10.2 Å². The third-order valence-electron chi connectivity index (χ3n) is 2.56. The van der Waals surface area contributed by atoms with Crippen molar-refractivity contribution in [1.29, 1.82) is 0 Å². The molecule has 0 aliphatic heterocycles. The minimum Gasteiger partial charge on any atom is -0.389 e. The molecule has 0 aliphatic rings. The van der Waals surface area contributed by atoms with Gasteiger partial charge in [0.2, 0.25) is 0 Å². The highest BCUT2D eigenvalue weighted by Crippen LogP contribution is 2.26. The van der Waals surface area contributed by atoms with Crippen LogP contribution in [0.3, 0.4) is 0 Å². The van der Waals surface area contributed by atoms with Gasteiger partial charge in [-0.15, -0.1) is 11.6 Å². The van der Waals surface area contributed by atoms with Crippen molar-refractivity contribution >= 4 is 11.6 Å². The molecule has 0 heterocycles. The number of rotatable bonds is 3. The molecule has 1 aromatic rings. The Hall–Kier alpha value is -0.570. The molecular weight excluding hydrogens is 212 g/mol. The number of aliphatic hydroxyl groups is 2. The summed E-state index contributed by atoms with van der Waals surface area (Å²) in [6.07, 6.45) is -1.81. The van der Waals surface area contributed by atoms with Gasteiger partial charge in [0, 0.05) is 0 Å². The maximum Gasteiger partial charge on any atom is 0.107 e. The number of aliphatic hydroxyl groups excluding tert-OH is 2. The molecule has 15 heavy (non-hydrogen) atoms. The Morgan fingerprint density at radius 3 is 2.00 bits per heavy atom. The average molecular weight is 229 g/mol. The van der Waals surface area contributed by atoms with Gasteiger partial charge in [-0.1, -0.05) is 17.7 Å². The van der Waals surface area contributed by atoms with E-state index in [0.29, 0.717) is 0 Å². The van der Waals surface area contributed by atoms with Gasteiger partial charge in [0.05, 0.1) is 12.0 Å². The first-order valence-electron chi connectivity index (χ1n) is 4.97. The molecule has 2 atom stereocenters. The third-order valence-corrected chi connectivity index (χ3v) is 2.87. The van der Waals surface area contributed by atoms with Gasteiger partial charge in [0.1, 0.15) is 6.10 Å². The molecule has 0 aliphatic carbocycles. The van der Waals surface area contributed by atoms with E-state index in [1.165, 1.54) is 0 Å². The normalized spacial score (nSPS) is 15.1. The molecule has 2 unspecified atom stereocenters. The third kappa shape index (κ3) is 2.71. The van der Waals surface area contributed by atoms with Gasteiger partial charge in [-0.3, -0.25) is 0 Å². The summed E-state index contributed by atoms with van der Waals surface area (Å²) < 4.78 is 0. The van der Waals surface area contributed by atoms with E-state index in [4.69, 9.17) is 11.6 Å². The van der Waals surface area contributed by atoms with Crippen molar-refractivity contribution in [2.75, 3.05) is 5.88 Å². The van der Waals surface area contributed by atoms with E-state index in [2.05, 4.69) is 0 Å². The lowest BCUT2D eigenvalue weighted by Gasteiger charge is -2.20. The lowest BCUT2D eigenvalue weighted by molar-refractivity contribution is 0.0319. The first-order valence-corrected chi connectivity index (χ1v) is 5.50. The van der Waals surface area contributed by atoms with Crippen LogP contribution in [0.25, 0.3) is 0 Å². The van der Waals surface area contributed by atoms with Crippen molar-refractivity contribution in [3.05, 3.63) is 34.4 Å². The Labute approximate surface area is 95.5 Å². The van der Waals surface area contributed by atoms with Gasteiger partial charge in [0.25, 0.3) is 0 Å². The van der Waals surface area contributed by atoms with E-state index in [0.717, 1.165) is 22.3 Å².